The number of benzene rings is 1. The van der Waals surface area contributed by atoms with E-state index in [0.717, 1.165) is 58.2 Å². The number of hydrogen-bond acceptors (Lipinski definition) is 3. The van der Waals surface area contributed by atoms with E-state index in [9.17, 15) is 0 Å². The van der Waals surface area contributed by atoms with Gasteiger partial charge in [0, 0.05) is 51.5 Å². The first-order valence-electron chi connectivity index (χ1n) is 9.22. The highest BCUT2D eigenvalue weighted by molar-refractivity contribution is 5.79. The lowest BCUT2D eigenvalue weighted by Crippen LogP contribution is -2.46. The minimum Gasteiger partial charge on any atom is -0.369 e. The summed E-state index contributed by atoms with van der Waals surface area (Å²) in [6.07, 6.45) is 6.35. The third-order valence-corrected chi connectivity index (χ3v) is 4.34. The van der Waals surface area contributed by atoms with Crippen molar-refractivity contribution in [2.45, 2.75) is 20.3 Å². The highest BCUT2D eigenvalue weighted by Crippen LogP contribution is 2.17. The van der Waals surface area contributed by atoms with Gasteiger partial charge >= 0.3 is 0 Å². The molecule has 1 saturated heterocycles. The van der Waals surface area contributed by atoms with E-state index in [-0.39, 0.29) is 0 Å². The number of anilines is 1. The number of guanidine groups is 1. The summed E-state index contributed by atoms with van der Waals surface area (Å²) >= 11 is 0. The molecule has 1 aromatic carbocycles. The Hall–Kier alpha value is -2.19. The number of nitrogens with one attached hydrogen (secondary N) is 2. The fraction of sp³-hybridized carbons (Fsp3) is 0.550. The molecule has 1 heterocycles. The van der Waals surface area contributed by atoms with Gasteiger partial charge in [0.2, 0.25) is 0 Å². The molecular formula is C20H31N5. The van der Waals surface area contributed by atoms with Crippen molar-refractivity contribution in [2.75, 3.05) is 57.3 Å². The largest absolute Gasteiger partial charge is 0.369 e. The quantitative estimate of drug-likeness (QED) is 0.343. The second-order valence-electron chi connectivity index (χ2n) is 6.34. The first-order valence-corrected chi connectivity index (χ1v) is 9.22. The molecule has 2 rings (SSSR count). The van der Waals surface area contributed by atoms with Crippen molar-refractivity contribution in [1.29, 1.82) is 0 Å². The molecule has 0 atom stereocenters. The summed E-state index contributed by atoms with van der Waals surface area (Å²) in [6.45, 7) is 11.9. The fourth-order valence-electron chi connectivity index (χ4n) is 3.02. The van der Waals surface area contributed by atoms with Crippen molar-refractivity contribution < 1.29 is 0 Å². The molecule has 25 heavy (non-hydrogen) atoms. The van der Waals surface area contributed by atoms with E-state index in [1.165, 1.54) is 11.3 Å². The van der Waals surface area contributed by atoms with Crippen LogP contribution < -0.4 is 15.5 Å². The van der Waals surface area contributed by atoms with E-state index in [1.807, 2.05) is 0 Å². The van der Waals surface area contributed by atoms with Gasteiger partial charge in [-0.3, -0.25) is 9.89 Å². The number of aryl methyl sites for hydroxylation is 1. The zero-order valence-corrected chi connectivity index (χ0v) is 15.6. The monoisotopic (exact) mass is 341 g/mol. The maximum atomic E-state index is 5.28. The number of rotatable bonds is 7. The third kappa shape index (κ3) is 6.67. The van der Waals surface area contributed by atoms with Gasteiger partial charge in [-0.15, -0.1) is 6.42 Å². The van der Waals surface area contributed by atoms with Crippen LogP contribution in [0.25, 0.3) is 0 Å². The highest BCUT2D eigenvalue weighted by atomic mass is 15.3. The third-order valence-electron chi connectivity index (χ3n) is 4.34. The molecule has 1 aliphatic heterocycles. The lowest BCUT2D eigenvalue weighted by Gasteiger charge is -2.36. The molecular weight excluding hydrogens is 310 g/mol. The van der Waals surface area contributed by atoms with Crippen molar-refractivity contribution in [2.24, 2.45) is 4.99 Å². The zero-order valence-electron chi connectivity index (χ0n) is 15.6. The molecule has 1 fully saturated rings. The van der Waals surface area contributed by atoms with Crippen molar-refractivity contribution in [3.05, 3.63) is 29.8 Å². The molecule has 0 radical (unpaired) electrons. The van der Waals surface area contributed by atoms with Crippen molar-refractivity contribution in [3.63, 3.8) is 0 Å². The van der Waals surface area contributed by atoms with Crippen LogP contribution in [0.3, 0.4) is 0 Å². The van der Waals surface area contributed by atoms with Gasteiger partial charge in [-0.2, -0.15) is 0 Å². The number of terminal acetylenes is 1. The van der Waals surface area contributed by atoms with Crippen LogP contribution in [0.15, 0.2) is 29.3 Å². The van der Waals surface area contributed by atoms with E-state index in [4.69, 9.17) is 6.42 Å². The number of piperazine rings is 1. The molecule has 0 unspecified atom stereocenters. The van der Waals surface area contributed by atoms with E-state index in [0.29, 0.717) is 6.54 Å². The summed E-state index contributed by atoms with van der Waals surface area (Å²) in [4.78, 5) is 9.58. The van der Waals surface area contributed by atoms with Crippen molar-refractivity contribution >= 4 is 11.6 Å². The van der Waals surface area contributed by atoms with Gasteiger partial charge in [0.25, 0.3) is 0 Å². The minimum atomic E-state index is 0.507. The molecule has 1 aliphatic rings. The summed E-state index contributed by atoms with van der Waals surface area (Å²) in [5.41, 5.74) is 2.67. The second-order valence-corrected chi connectivity index (χ2v) is 6.34. The Bertz CT molecular complexity index is 582. The lowest BCUT2D eigenvalue weighted by atomic mass is 10.2. The average molecular weight is 342 g/mol. The van der Waals surface area contributed by atoms with Crippen molar-refractivity contribution in [1.82, 2.24) is 15.5 Å². The summed E-state index contributed by atoms with van der Waals surface area (Å²) in [5, 5.41) is 6.33. The summed E-state index contributed by atoms with van der Waals surface area (Å²) in [6, 6.07) is 8.78. The molecule has 0 bridgehead atoms. The Labute approximate surface area is 152 Å². The standard InChI is InChI=1S/C20H31N5/c1-4-10-22-20(21-5-2)23-11-7-12-24-13-15-25(16-14-24)19-9-6-8-18(3)17-19/h1,6,8-9,17H,5,7,10-16H2,2-3H3,(H2,21,22,23). The van der Waals surface area contributed by atoms with Crippen LogP contribution in [0, 0.1) is 19.3 Å². The van der Waals surface area contributed by atoms with Crippen LogP contribution in [-0.2, 0) is 0 Å². The first kappa shape index (κ1) is 19.1. The molecule has 136 valence electrons. The van der Waals surface area contributed by atoms with Crippen LogP contribution in [-0.4, -0.2) is 63.2 Å². The molecule has 1 aromatic rings. The molecule has 0 aliphatic carbocycles. The number of nitrogens with zero attached hydrogens (tertiary/aromatic N) is 3. The van der Waals surface area contributed by atoms with Gasteiger partial charge in [0.15, 0.2) is 5.96 Å². The van der Waals surface area contributed by atoms with Gasteiger partial charge < -0.3 is 15.5 Å². The maximum Gasteiger partial charge on any atom is 0.192 e. The summed E-state index contributed by atoms with van der Waals surface area (Å²) in [7, 11) is 0. The average Bonchev–Trinajstić information content (AvgIpc) is 2.63. The molecule has 2 N–H and O–H groups in total. The van der Waals surface area contributed by atoms with Crippen LogP contribution in [0.4, 0.5) is 5.69 Å². The predicted molar refractivity (Wildman–Crippen MR) is 107 cm³/mol. The first-order chi connectivity index (χ1) is 12.2. The van der Waals surface area contributed by atoms with Gasteiger partial charge in [-0.1, -0.05) is 18.1 Å². The lowest BCUT2D eigenvalue weighted by molar-refractivity contribution is 0.256. The molecule has 0 spiro atoms. The van der Waals surface area contributed by atoms with Crippen LogP contribution in [0.1, 0.15) is 18.9 Å². The highest BCUT2D eigenvalue weighted by Gasteiger charge is 2.16. The van der Waals surface area contributed by atoms with Gasteiger partial charge in [0.1, 0.15) is 0 Å². The predicted octanol–water partition coefficient (Wildman–Crippen LogP) is 1.70. The van der Waals surface area contributed by atoms with Gasteiger partial charge in [-0.25, -0.2) is 0 Å². The summed E-state index contributed by atoms with van der Waals surface area (Å²) < 4.78 is 0. The topological polar surface area (TPSA) is 42.9 Å². The Kier molecular flexibility index (Phi) is 8.14. The van der Waals surface area contributed by atoms with Gasteiger partial charge in [0.05, 0.1) is 6.54 Å². The van der Waals surface area contributed by atoms with Crippen LogP contribution in [0.2, 0.25) is 0 Å². The van der Waals surface area contributed by atoms with E-state index in [1.54, 1.807) is 0 Å². The normalized spacial score (nSPS) is 15.7. The Morgan fingerprint density at radius 2 is 2.04 bits per heavy atom. The molecule has 5 nitrogen and oxygen atoms in total. The second kappa shape index (κ2) is 10.6. The smallest absolute Gasteiger partial charge is 0.192 e. The minimum absolute atomic E-state index is 0.507. The van der Waals surface area contributed by atoms with Crippen LogP contribution >= 0.6 is 0 Å². The maximum absolute atomic E-state index is 5.28. The number of hydrogen-bond donors (Lipinski definition) is 2. The molecule has 0 saturated carbocycles. The van der Waals surface area contributed by atoms with Crippen LogP contribution in [0.5, 0.6) is 0 Å². The van der Waals surface area contributed by atoms with Gasteiger partial charge in [-0.05, 0) is 38.0 Å². The van der Waals surface area contributed by atoms with E-state index >= 15 is 0 Å². The SMILES string of the molecule is C#CCNC(=NCCCN1CCN(c2cccc(C)c2)CC1)NCC. The van der Waals surface area contributed by atoms with E-state index in [2.05, 4.69) is 69.5 Å². The molecule has 0 amide bonds. The molecule has 0 aromatic heterocycles. The number of aliphatic imine (C=N–C) groups is 1. The van der Waals surface area contributed by atoms with Crippen molar-refractivity contribution in [3.8, 4) is 12.3 Å². The zero-order chi connectivity index (χ0) is 17.9. The Balaban J connectivity index is 1.69. The summed E-state index contributed by atoms with van der Waals surface area (Å²) in [5.74, 6) is 3.38. The van der Waals surface area contributed by atoms with E-state index < -0.39 is 0 Å². The Morgan fingerprint density at radius 3 is 2.72 bits per heavy atom. The fourth-order valence-corrected chi connectivity index (χ4v) is 3.02. The molecule has 5 heteroatoms. The Morgan fingerprint density at radius 1 is 1.24 bits per heavy atom.